The number of morpholine rings is 1. The minimum Gasteiger partial charge on any atom is -0.383 e. The molecule has 7 nitrogen and oxygen atoms in total. The Hall–Kier alpha value is -2.15. The van der Waals surface area contributed by atoms with Crippen LogP contribution < -0.4 is 16.3 Å². The molecule has 2 atom stereocenters. The van der Waals surface area contributed by atoms with E-state index in [1.807, 2.05) is 18.9 Å². The number of nitrogen functional groups attached to an aromatic ring is 1. The number of fused-ring (bicyclic) bond motifs is 1. The molecule has 112 valence electrons. The predicted octanol–water partition coefficient (Wildman–Crippen LogP) is 0.427. The van der Waals surface area contributed by atoms with Crippen LogP contribution in [0.25, 0.3) is 10.9 Å². The molecule has 3 heterocycles. The summed E-state index contributed by atoms with van der Waals surface area (Å²) < 4.78 is 7.29. The van der Waals surface area contributed by atoms with Crippen LogP contribution in [0.15, 0.2) is 17.1 Å². The molecule has 0 spiro atoms. The van der Waals surface area contributed by atoms with Crippen molar-refractivity contribution in [3.8, 4) is 0 Å². The van der Waals surface area contributed by atoms with E-state index in [2.05, 4.69) is 9.97 Å². The Labute approximate surface area is 122 Å². The highest BCUT2D eigenvalue weighted by Crippen LogP contribution is 2.16. The van der Waals surface area contributed by atoms with Crippen molar-refractivity contribution in [1.29, 1.82) is 0 Å². The monoisotopic (exact) mass is 289 g/mol. The molecular weight excluding hydrogens is 270 g/mol. The fraction of sp³-hybridized carbons (Fsp3) is 0.500. The lowest BCUT2D eigenvalue weighted by Gasteiger charge is -2.37. The lowest BCUT2D eigenvalue weighted by atomic mass is 10.2. The van der Waals surface area contributed by atoms with Crippen molar-refractivity contribution in [3.05, 3.63) is 28.4 Å². The molecular formula is C14H19N5O2. The van der Waals surface area contributed by atoms with Crippen molar-refractivity contribution in [1.82, 2.24) is 14.6 Å². The Kier molecular flexibility index (Phi) is 3.29. The number of nitrogens with two attached hydrogens (primary N) is 1. The number of rotatable bonds is 1. The number of anilines is 1. The molecule has 1 aliphatic rings. The fourth-order valence-corrected chi connectivity index (χ4v) is 2.78. The van der Waals surface area contributed by atoms with Crippen molar-refractivity contribution in [2.75, 3.05) is 23.8 Å². The Morgan fingerprint density at radius 3 is 2.62 bits per heavy atom. The maximum atomic E-state index is 12.3. The first kappa shape index (κ1) is 13.8. The third-order valence-electron chi connectivity index (χ3n) is 3.56. The molecule has 2 unspecified atom stereocenters. The first-order chi connectivity index (χ1) is 9.94. The molecule has 0 bridgehead atoms. The molecule has 7 heteroatoms. The topological polar surface area (TPSA) is 86.3 Å². The number of aryl methyl sites for hydroxylation is 1. The number of hydrogen-bond acceptors (Lipinski definition) is 6. The standard InChI is InChI=1S/C14H19N5O2/c1-8-5-18(6-9(2)21-8)19-7-11-12(4-13(19)20)16-10(3)17-14(11)15/h4,7-9H,5-6H2,1-3H3,(H2,15,16,17). The number of hydrogen-bond donors (Lipinski definition) is 1. The molecule has 2 aromatic rings. The van der Waals surface area contributed by atoms with Crippen LogP contribution in [-0.4, -0.2) is 39.9 Å². The molecule has 0 aliphatic carbocycles. The number of aromatic nitrogens is 3. The summed E-state index contributed by atoms with van der Waals surface area (Å²) in [5.41, 5.74) is 6.41. The van der Waals surface area contributed by atoms with Gasteiger partial charge in [-0.05, 0) is 20.8 Å². The lowest BCUT2D eigenvalue weighted by Crippen LogP contribution is -2.53. The zero-order valence-electron chi connectivity index (χ0n) is 12.4. The van der Waals surface area contributed by atoms with Gasteiger partial charge >= 0.3 is 0 Å². The minimum atomic E-state index is -0.124. The average Bonchev–Trinajstić information content (AvgIpc) is 2.36. The van der Waals surface area contributed by atoms with Crippen LogP contribution in [0.1, 0.15) is 19.7 Å². The van der Waals surface area contributed by atoms with Gasteiger partial charge in [0.15, 0.2) is 0 Å². The Bertz CT molecular complexity index is 732. The van der Waals surface area contributed by atoms with Crippen molar-refractivity contribution >= 4 is 16.7 Å². The number of nitrogens with zero attached hydrogens (tertiary/aromatic N) is 4. The smallest absolute Gasteiger partial charge is 0.271 e. The molecule has 1 fully saturated rings. The van der Waals surface area contributed by atoms with Gasteiger partial charge in [0.2, 0.25) is 0 Å². The molecule has 0 radical (unpaired) electrons. The normalized spacial score (nSPS) is 22.7. The molecule has 21 heavy (non-hydrogen) atoms. The molecule has 3 rings (SSSR count). The third-order valence-corrected chi connectivity index (χ3v) is 3.56. The first-order valence-electron chi connectivity index (χ1n) is 7.01. The second-order valence-corrected chi connectivity index (χ2v) is 5.54. The Balaban J connectivity index is 2.11. The van der Waals surface area contributed by atoms with E-state index in [0.717, 1.165) is 0 Å². The van der Waals surface area contributed by atoms with E-state index in [4.69, 9.17) is 10.5 Å². The van der Waals surface area contributed by atoms with Crippen LogP contribution in [0.3, 0.4) is 0 Å². The van der Waals surface area contributed by atoms with Crippen molar-refractivity contribution < 1.29 is 4.74 Å². The van der Waals surface area contributed by atoms with Crippen LogP contribution in [-0.2, 0) is 4.74 Å². The van der Waals surface area contributed by atoms with Crippen LogP contribution in [0.4, 0.5) is 5.82 Å². The zero-order valence-corrected chi connectivity index (χ0v) is 12.4. The quantitative estimate of drug-likeness (QED) is 0.819. The summed E-state index contributed by atoms with van der Waals surface area (Å²) in [4.78, 5) is 20.8. The molecule has 2 N–H and O–H groups in total. The molecule has 1 saturated heterocycles. The zero-order chi connectivity index (χ0) is 15.1. The van der Waals surface area contributed by atoms with Crippen LogP contribution >= 0.6 is 0 Å². The highest BCUT2D eigenvalue weighted by Gasteiger charge is 2.23. The van der Waals surface area contributed by atoms with E-state index in [1.54, 1.807) is 17.8 Å². The van der Waals surface area contributed by atoms with Crippen molar-refractivity contribution in [3.63, 3.8) is 0 Å². The van der Waals surface area contributed by atoms with Gasteiger partial charge in [-0.2, -0.15) is 0 Å². The van der Waals surface area contributed by atoms with Gasteiger partial charge in [-0.3, -0.25) is 4.79 Å². The summed E-state index contributed by atoms with van der Waals surface area (Å²) in [5, 5.41) is 2.66. The van der Waals surface area contributed by atoms with Gasteiger partial charge < -0.3 is 15.5 Å². The molecule has 0 saturated carbocycles. The summed E-state index contributed by atoms with van der Waals surface area (Å²) >= 11 is 0. The summed E-state index contributed by atoms with van der Waals surface area (Å²) in [5.74, 6) is 0.950. The maximum absolute atomic E-state index is 12.3. The van der Waals surface area contributed by atoms with E-state index in [-0.39, 0.29) is 17.8 Å². The van der Waals surface area contributed by atoms with Crippen LogP contribution in [0, 0.1) is 6.92 Å². The van der Waals surface area contributed by atoms with Crippen molar-refractivity contribution in [2.45, 2.75) is 33.0 Å². The summed E-state index contributed by atoms with van der Waals surface area (Å²) in [6.07, 6.45) is 1.86. The van der Waals surface area contributed by atoms with E-state index in [1.165, 1.54) is 6.07 Å². The summed E-state index contributed by atoms with van der Waals surface area (Å²) in [6.45, 7) is 7.06. The van der Waals surface area contributed by atoms with Gasteiger partial charge in [-0.1, -0.05) is 0 Å². The molecule has 2 aromatic heterocycles. The van der Waals surface area contributed by atoms with Gasteiger partial charge in [0.25, 0.3) is 5.56 Å². The predicted molar refractivity (Wildman–Crippen MR) is 80.9 cm³/mol. The van der Waals surface area contributed by atoms with Gasteiger partial charge in [-0.25, -0.2) is 14.6 Å². The van der Waals surface area contributed by atoms with Crippen molar-refractivity contribution in [2.24, 2.45) is 0 Å². The fourth-order valence-electron chi connectivity index (χ4n) is 2.78. The lowest BCUT2D eigenvalue weighted by molar-refractivity contribution is -0.0136. The largest absolute Gasteiger partial charge is 0.383 e. The Morgan fingerprint density at radius 2 is 1.95 bits per heavy atom. The first-order valence-corrected chi connectivity index (χ1v) is 7.01. The van der Waals surface area contributed by atoms with Gasteiger partial charge in [-0.15, -0.1) is 0 Å². The molecule has 0 aromatic carbocycles. The minimum absolute atomic E-state index is 0.0722. The average molecular weight is 289 g/mol. The van der Waals surface area contributed by atoms with Gasteiger partial charge in [0.05, 0.1) is 36.2 Å². The van der Waals surface area contributed by atoms with E-state index in [9.17, 15) is 4.79 Å². The van der Waals surface area contributed by atoms with Gasteiger partial charge in [0.1, 0.15) is 11.6 Å². The van der Waals surface area contributed by atoms with Gasteiger partial charge in [0, 0.05) is 12.3 Å². The molecule has 1 aliphatic heterocycles. The third kappa shape index (κ3) is 2.56. The van der Waals surface area contributed by atoms with Crippen LogP contribution in [0.5, 0.6) is 0 Å². The van der Waals surface area contributed by atoms with E-state index in [0.29, 0.717) is 35.6 Å². The van der Waals surface area contributed by atoms with Crippen LogP contribution in [0.2, 0.25) is 0 Å². The summed E-state index contributed by atoms with van der Waals surface area (Å²) in [6, 6.07) is 1.51. The Morgan fingerprint density at radius 1 is 1.29 bits per heavy atom. The number of ether oxygens (including phenoxy) is 1. The van der Waals surface area contributed by atoms with E-state index >= 15 is 0 Å². The number of pyridine rings is 1. The highest BCUT2D eigenvalue weighted by molar-refractivity contribution is 5.87. The SMILES string of the molecule is Cc1nc(N)c2cn(N3CC(C)OC(C)C3)c(=O)cc2n1. The maximum Gasteiger partial charge on any atom is 0.271 e. The highest BCUT2D eigenvalue weighted by atomic mass is 16.5. The van der Waals surface area contributed by atoms with E-state index < -0.39 is 0 Å². The second-order valence-electron chi connectivity index (χ2n) is 5.54. The second kappa shape index (κ2) is 5.00. The summed E-state index contributed by atoms with van der Waals surface area (Å²) in [7, 11) is 0. The molecule has 0 amide bonds.